The van der Waals surface area contributed by atoms with Crippen molar-refractivity contribution in [3.05, 3.63) is 65.2 Å². The van der Waals surface area contributed by atoms with Crippen molar-refractivity contribution in [2.24, 2.45) is 0 Å². The van der Waals surface area contributed by atoms with Gasteiger partial charge in [-0.25, -0.2) is 8.42 Å². The molecule has 0 fully saturated rings. The van der Waals surface area contributed by atoms with Gasteiger partial charge in [0, 0.05) is 19.2 Å². The Balaban J connectivity index is 2.19. The van der Waals surface area contributed by atoms with Crippen LogP contribution in [-0.4, -0.2) is 47.4 Å². The Bertz CT molecular complexity index is 856. The number of benzene rings is 2. The molecule has 0 aromatic heterocycles. The van der Waals surface area contributed by atoms with Gasteiger partial charge in [-0.3, -0.25) is 4.79 Å². The van der Waals surface area contributed by atoms with Gasteiger partial charge < -0.3 is 14.8 Å². The maximum atomic E-state index is 12.7. The lowest BCUT2D eigenvalue weighted by molar-refractivity contribution is -0.128. The van der Waals surface area contributed by atoms with Crippen LogP contribution >= 0.6 is 11.6 Å². The molecule has 0 heterocycles. The smallest absolute Gasteiger partial charge is 0.241 e. The zero-order valence-corrected chi connectivity index (χ0v) is 17.2. The van der Waals surface area contributed by atoms with Crippen LogP contribution in [0.1, 0.15) is 5.56 Å². The summed E-state index contributed by atoms with van der Waals surface area (Å²) in [5.41, 5.74) is 0.816. The van der Waals surface area contributed by atoms with Crippen molar-refractivity contribution < 1.29 is 22.7 Å². The molecule has 0 spiro atoms. The van der Waals surface area contributed by atoms with Crippen LogP contribution in [0, 0.1) is 0 Å². The van der Waals surface area contributed by atoms with Gasteiger partial charge in [0.25, 0.3) is 0 Å². The summed E-state index contributed by atoms with van der Waals surface area (Å²) in [6.45, 7) is 0.0831. The topological polar surface area (TPSA) is 93.7 Å². The van der Waals surface area contributed by atoms with E-state index in [1.54, 1.807) is 0 Å². The maximum Gasteiger partial charge on any atom is 0.241 e. The highest BCUT2D eigenvalue weighted by Gasteiger charge is 2.26. The standard InChI is InChI=1S/C19H23ClN2O5S/c1-26-18(27-2)13-21-19(23)17(12-14-6-4-3-5-7-14)22-28(24,25)16-10-8-15(20)9-11-16/h3-11,17-18,22H,12-13H2,1-2H3,(H,21,23)/t17-/m0/s1. The van der Waals surface area contributed by atoms with Gasteiger partial charge in [0.2, 0.25) is 15.9 Å². The number of amides is 1. The van der Waals surface area contributed by atoms with Gasteiger partial charge in [0.05, 0.1) is 11.4 Å². The zero-order chi connectivity index (χ0) is 20.6. The molecule has 2 rings (SSSR count). The number of rotatable bonds is 10. The average Bonchev–Trinajstić information content (AvgIpc) is 2.69. The van der Waals surface area contributed by atoms with E-state index in [1.165, 1.54) is 38.5 Å². The molecule has 0 aliphatic heterocycles. The summed E-state index contributed by atoms with van der Waals surface area (Å²) in [5, 5.41) is 3.07. The van der Waals surface area contributed by atoms with Crippen molar-refractivity contribution in [1.82, 2.24) is 10.0 Å². The van der Waals surface area contributed by atoms with Gasteiger partial charge in [-0.05, 0) is 36.2 Å². The number of hydrogen-bond acceptors (Lipinski definition) is 5. The molecular formula is C19H23ClN2O5S. The van der Waals surface area contributed by atoms with Crippen molar-refractivity contribution in [3.8, 4) is 0 Å². The first kappa shape index (κ1) is 22.3. The number of sulfonamides is 1. The molecule has 0 aliphatic rings. The van der Waals surface area contributed by atoms with Gasteiger partial charge in [-0.1, -0.05) is 41.9 Å². The fraction of sp³-hybridized carbons (Fsp3) is 0.316. The first-order valence-electron chi connectivity index (χ1n) is 8.51. The fourth-order valence-corrected chi connectivity index (χ4v) is 3.80. The molecule has 28 heavy (non-hydrogen) atoms. The van der Waals surface area contributed by atoms with Gasteiger partial charge in [0.15, 0.2) is 6.29 Å². The molecule has 0 radical (unpaired) electrons. The van der Waals surface area contributed by atoms with Crippen LogP contribution in [-0.2, 0) is 30.7 Å². The monoisotopic (exact) mass is 426 g/mol. The van der Waals surface area contributed by atoms with Crippen LogP contribution in [0.5, 0.6) is 0 Å². The first-order valence-corrected chi connectivity index (χ1v) is 10.4. The van der Waals surface area contributed by atoms with Crippen molar-refractivity contribution >= 4 is 27.5 Å². The molecule has 0 saturated carbocycles. The minimum absolute atomic E-state index is 0.0226. The van der Waals surface area contributed by atoms with Gasteiger partial charge in [-0.15, -0.1) is 0 Å². The lowest BCUT2D eigenvalue weighted by Crippen LogP contribution is -2.49. The van der Waals surface area contributed by atoms with E-state index in [0.717, 1.165) is 5.56 Å². The number of ether oxygens (including phenoxy) is 2. The molecule has 1 atom stereocenters. The summed E-state index contributed by atoms with van der Waals surface area (Å²) in [6, 6.07) is 13.8. The SMILES string of the molecule is COC(CNC(=O)[C@H](Cc1ccccc1)NS(=O)(=O)c1ccc(Cl)cc1)OC. The summed E-state index contributed by atoms with van der Waals surface area (Å²) >= 11 is 5.82. The summed E-state index contributed by atoms with van der Waals surface area (Å²) in [6.07, 6.45) is -0.446. The third-order valence-electron chi connectivity index (χ3n) is 3.99. The fourth-order valence-electron chi connectivity index (χ4n) is 2.48. The van der Waals surface area contributed by atoms with Crippen LogP contribution in [0.15, 0.2) is 59.5 Å². The van der Waals surface area contributed by atoms with Crippen molar-refractivity contribution in [3.63, 3.8) is 0 Å². The second-order valence-corrected chi connectivity index (χ2v) is 8.11. The second-order valence-electron chi connectivity index (χ2n) is 5.96. The van der Waals surface area contributed by atoms with Crippen LogP contribution in [0.2, 0.25) is 5.02 Å². The highest BCUT2D eigenvalue weighted by atomic mass is 35.5. The van der Waals surface area contributed by atoms with Gasteiger partial charge >= 0.3 is 0 Å². The average molecular weight is 427 g/mol. The molecule has 0 aliphatic carbocycles. The van der Waals surface area contributed by atoms with Crippen LogP contribution in [0.25, 0.3) is 0 Å². The van der Waals surface area contributed by atoms with E-state index in [1.807, 2.05) is 30.3 Å². The lowest BCUT2D eigenvalue weighted by Gasteiger charge is -2.20. The number of carbonyl (C=O) groups is 1. The Labute approximate surface area is 170 Å². The molecule has 9 heteroatoms. The Hall–Kier alpha value is -1.97. The Morgan fingerprint density at radius 1 is 1.04 bits per heavy atom. The quantitative estimate of drug-likeness (QED) is 0.566. The maximum absolute atomic E-state index is 12.7. The number of halogens is 1. The van der Waals surface area contributed by atoms with E-state index < -0.39 is 28.3 Å². The number of methoxy groups -OCH3 is 2. The van der Waals surface area contributed by atoms with Crippen LogP contribution in [0.4, 0.5) is 0 Å². The second kappa shape index (κ2) is 10.5. The number of carbonyl (C=O) groups excluding carboxylic acids is 1. The summed E-state index contributed by atoms with van der Waals surface area (Å²) in [4.78, 5) is 12.7. The normalized spacial score (nSPS) is 12.7. The van der Waals surface area contributed by atoms with Gasteiger partial charge in [-0.2, -0.15) is 4.72 Å². The molecule has 0 bridgehead atoms. The molecule has 2 N–H and O–H groups in total. The van der Waals surface area contributed by atoms with E-state index in [2.05, 4.69) is 10.0 Å². The highest BCUT2D eigenvalue weighted by molar-refractivity contribution is 7.89. The minimum atomic E-state index is -3.92. The Kier molecular flexibility index (Phi) is 8.40. The molecule has 1 amide bonds. The van der Waals surface area contributed by atoms with Gasteiger partial charge in [0.1, 0.15) is 6.04 Å². The lowest BCUT2D eigenvalue weighted by atomic mass is 10.1. The zero-order valence-electron chi connectivity index (χ0n) is 15.6. The molecular weight excluding hydrogens is 404 g/mol. The van der Waals surface area contributed by atoms with Crippen molar-refractivity contribution in [2.75, 3.05) is 20.8 Å². The van der Waals surface area contributed by atoms with Crippen LogP contribution < -0.4 is 10.0 Å². The summed E-state index contributed by atoms with van der Waals surface area (Å²) < 4.78 is 38.0. The largest absolute Gasteiger partial charge is 0.354 e. The van der Waals surface area contributed by atoms with E-state index in [-0.39, 0.29) is 17.9 Å². The third kappa shape index (κ3) is 6.57. The Morgan fingerprint density at radius 3 is 2.21 bits per heavy atom. The predicted octanol–water partition coefficient (Wildman–Crippen LogP) is 1.96. The van der Waals surface area contributed by atoms with E-state index >= 15 is 0 Å². The third-order valence-corrected chi connectivity index (χ3v) is 5.73. The summed E-state index contributed by atoms with van der Waals surface area (Å²) in [5.74, 6) is -0.486. The van der Waals surface area contributed by atoms with Crippen molar-refractivity contribution in [2.45, 2.75) is 23.6 Å². The van der Waals surface area contributed by atoms with E-state index in [9.17, 15) is 13.2 Å². The van der Waals surface area contributed by atoms with Crippen molar-refractivity contribution in [1.29, 1.82) is 0 Å². The molecule has 2 aromatic rings. The number of nitrogens with one attached hydrogen (secondary N) is 2. The molecule has 2 aromatic carbocycles. The highest BCUT2D eigenvalue weighted by Crippen LogP contribution is 2.15. The predicted molar refractivity (Wildman–Crippen MR) is 107 cm³/mol. The van der Waals surface area contributed by atoms with E-state index in [4.69, 9.17) is 21.1 Å². The first-order chi connectivity index (χ1) is 13.4. The summed E-state index contributed by atoms with van der Waals surface area (Å²) in [7, 11) is -1.02. The minimum Gasteiger partial charge on any atom is -0.354 e. The molecule has 7 nitrogen and oxygen atoms in total. The molecule has 0 saturated heterocycles. The van der Waals surface area contributed by atoms with E-state index in [0.29, 0.717) is 5.02 Å². The van der Waals surface area contributed by atoms with Crippen LogP contribution in [0.3, 0.4) is 0 Å². The molecule has 152 valence electrons. The molecule has 0 unspecified atom stereocenters. The number of hydrogen-bond donors (Lipinski definition) is 2. The Morgan fingerprint density at radius 2 is 1.64 bits per heavy atom.